The summed E-state index contributed by atoms with van der Waals surface area (Å²) in [5, 5.41) is 0. The van der Waals surface area contributed by atoms with Gasteiger partial charge in [-0.15, -0.1) is 0 Å². The van der Waals surface area contributed by atoms with E-state index < -0.39 is 0 Å². The van der Waals surface area contributed by atoms with Gasteiger partial charge in [0.05, 0.1) is 19.3 Å². The van der Waals surface area contributed by atoms with E-state index in [1.807, 2.05) is 4.90 Å². The molecule has 0 amide bonds. The molecule has 0 radical (unpaired) electrons. The first-order chi connectivity index (χ1) is 8.27. The van der Waals surface area contributed by atoms with Crippen LogP contribution in [0.4, 0.5) is 0 Å². The number of guanidine groups is 1. The van der Waals surface area contributed by atoms with Crippen molar-refractivity contribution in [2.75, 3.05) is 40.5 Å². The molecule has 0 atom stereocenters. The number of hydrogen-bond donors (Lipinski definition) is 1. The number of methoxy groups -OCH3 is 2. The van der Waals surface area contributed by atoms with Crippen molar-refractivity contribution in [3.63, 3.8) is 0 Å². The van der Waals surface area contributed by atoms with Crippen LogP contribution in [-0.4, -0.2) is 57.4 Å². The van der Waals surface area contributed by atoms with Crippen LogP contribution in [-0.2, 0) is 9.47 Å². The second-order valence-electron chi connectivity index (χ2n) is 4.40. The molecule has 0 heterocycles. The molecular weight excluding hydrogens is 218 g/mol. The van der Waals surface area contributed by atoms with Gasteiger partial charge in [0.2, 0.25) is 0 Å². The highest BCUT2D eigenvalue weighted by Gasteiger charge is 2.16. The number of ether oxygens (including phenoxy) is 2. The quantitative estimate of drug-likeness (QED) is 0.532. The predicted molar refractivity (Wildman–Crippen MR) is 69.2 cm³/mol. The van der Waals surface area contributed by atoms with Crippen molar-refractivity contribution in [2.24, 2.45) is 10.7 Å². The maximum Gasteiger partial charge on any atom is 0.191 e. The molecule has 2 N–H and O–H groups in total. The highest BCUT2D eigenvalue weighted by molar-refractivity contribution is 5.78. The first-order valence-electron chi connectivity index (χ1n) is 6.34. The van der Waals surface area contributed by atoms with Gasteiger partial charge in [-0.3, -0.25) is 0 Å². The van der Waals surface area contributed by atoms with E-state index >= 15 is 0 Å². The van der Waals surface area contributed by atoms with E-state index in [2.05, 4.69) is 4.99 Å². The third-order valence-corrected chi connectivity index (χ3v) is 3.09. The second-order valence-corrected chi connectivity index (χ2v) is 4.40. The molecule has 1 aliphatic rings. The molecule has 100 valence electrons. The summed E-state index contributed by atoms with van der Waals surface area (Å²) in [6.45, 7) is 2.85. The van der Waals surface area contributed by atoms with Crippen molar-refractivity contribution in [3.05, 3.63) is 0 Å². The van der Waals surface area contributed by atoms with Crippen molar-refractivity contribution in [1.82, 2.24) is 4.90 Å². The average molecular weight is 243 g/mol. The van der Waals surface area contributed by atoms with Crippen LogP contribution in [0, 0.1) is 0 Å². The SMILES string of the molecule is COCCN(CCOC)C(N)=NC1CCCC1. The average Bonchev–Trinajstić information content (AvgIpc) is 2.82. The van der Waals surface area contributed by atoms with E-state index in [1.54, 1.807) is 14.2 Å². The van der Waals surface area contributed by atoms with Crippen molar-refractivity contribution < 1.29 is 9.47 Å². The van der Waals surface area contributed by atoms with Gasteiger partial charge in [-0.25, -0.2) is 4.99 Å². The first-order valence-corrected chi connectivity index (χ1v) is 6.34. The van der Waals surface area contributed by atoms with Crippen molar-refractivity contribution in [3.8, 4) is 0 Å². The molecule has 0 saturated heterocycles. The summed E-state index contributed by atoms with van der Waals surface area (Å²) < 4.78 is 10.2. The standard InChI is InChI=1S/C12H25N3O2/c1-16-9-7-15(8-10-17-2)12(13)14-11-5-3-4-6-11/h11H,3-10H2,1-2H3,(H2,13,14). The summed E-state index contributed by atoms with van der Waals surface area (Å²) in [6.07, 6.45) is 4.89. The lowest BCUT2D eigenvalue weighted by Gasteiger charge is -2.23. The summed E-state index contributed by atoms with van der Waals surface area (Å²) in [5.41, 5.74) is 6.04. The van der Waals surface area contributed by atoms with Gasteiger partial charge in [-0.1, -0.05) is 12.8 Å². The van der Waals surface area contributed by atoms with Crippen LogP contribution in [0.1, 0.15) is 25.7 Å². The van der Waals surface area contributed by atoms with Crippen LogP contribution in [0.25, 0.3) is 0 Å². The Labute approximate surface area is 104 Å². The Morgan fingerprint density at radius 3 is 2.18 bits per heavy atom. The fourth-order valence-corrected chi connectivity index (χ4v) is 2.05. The largest absolute Gasteiger partial charge is 0.383 e. The zero-order valence-corrected chi connectivity index (χ0v) is 11.0. The van der Waals surface area contributed by atoms with Crippen LogP contribution in [0.15, 0.2) is 4.99 Å². The van der Waals surface area contributed by atoms with Gasteiger partial charge >= 0.3 is 0 Å². The maximum absolute atomic E-state index is 6.04. The van der Waals surface area contributed by atoms with Crippen molar-refractivity contribution in [1.29, 1.82) is 0 Å². The highest BCUT2D eigenvalue weighted by Crippen LogP contribution is 2.20. The molecular formula is C12H25N3O2. The molecule has 0 aromatic rings. The molecule has 0 aliphatic heterocycles. The highest BCUT2D eigenvalue weighted by atomic mass is 16.5. The molecule has 1 saturated carbocycles. The lowest BCUT2D eigenvalue weighted by atomic mass is 10.3. The molecule has 1 fully saturated rings. The number of hydrogen-bond acceptors (Lipinski definition) is 3. The Kier molecular flexibility index (Phi) is 6.96. The van der Waals surface area contributed by atoms with Gasteiger partial charge in [-0.2, -0.15) is 0 Å². The number of aliphatic imine (C=N–C) groups is 1. The van der Waals surface area contributed by atoms with E-state index in [-0.39, 0.29) is 0 Å². The molecule has 0 bridgehead atoms. The topological polar surface area (TPSA) is 60.1 Å². The molecule has 17 heavy (non-hydrogen) atoms. The van der Waals surface area contributed by atoms with Crippen molar-refractivity contribution >= 4 is 5.96 Å². The van der Waals surface area contributed by atoms with E-state index in [0.29, 0.717) is 25.2 Å². The zero-order valence-electron chi connectivity index (χ0n) is 11.0. The van der Waals surface area contributed by atoms with Gasteiger partial charge in [-0.05, 0) is 12.8 Å². The molecule has 1 aliphatic carbocycles. The van der Waals surface area contributed by atoms with E-state index in [4.69, 9.17) is 15.2 Å². The smallest absolute Gasteiger partial charge is 0.191 e. The third kappa shape index (κ3) is 5.37. The molecule has 0 aromatic heterocycles. The van der Waals surface area contributed by atoms with Gasteiger partial charge in [0, 0.05) is 27.3 Å². The van der Waals surface area contributed by atoms with Crippen molar-refractivity contribution in [2.45, 2.75) is 31.7 Å². The molecule has 5 heteroatoms. The van der Waals surface area contributed by atoms with Crippen LogP contribution in [0.3, 0.4) is 0 Å². The minimum atomic E-state index is 0.419. The van der Waals surface area contributed by atoms with Crippen LogP contribution in [0.5, 0.6) is 0 Å². The maximum atomic E-state index is 6.04. The van der Waals surface area contributed by atoms with Crippen LogP contribution < -0.4 is 5.73 Å². The fraction of sp³-hybridized carbons (Fsp3) is 0.917. The van der Waals surface area contributed by atoms with Gasteiger partial charge < -0.3 is 20.1 Å². The second kappa shape index (κ2) is 8.31. The normalized spacial score (nSPS) is 17.6. The fourth-order valence-electron chi connectivity index (χ4n) is 2.05. The molecule has 1 rings (SSSR count). The van der Waals surface area contributed by atoms with E-state index in [0.717, 1.165) is 13.1 Å². The minimum absolute atomic E-state index is 0.419. The van der Waals surface area contributed by atoms with Gasteiger partial charge in [0.15, 0.2) is 5.96 Å². The van der Waals surface area contributed by atoms with Gasteiger partial charge in [0.25, 0.3) is 0 Å². The summed E-state index contributed by atoms with van der Waals surface area (Å²) in [7, 11) is 3.39. The zero-order chi connectivity index (χ0) is 12.5. The molecule has 5 nitrogen and oxygen atoms in total. The lowest BCUT2D eigenvalue weighted by molar-refractivity contribution is 0.145. The van der Waals surface area contributed by atoms with Gasteiger partial charge in [0.1, 0.15) is 0 Å². The molecule has 0 spiro atoms. The summed E-state index contributed by atoms with van der Waals surface area (Å²) in [4.78, 5) is 6.62. The first kappa shape index (κ1) is 14.3. The number of rotatable bonds is 7. The van der Waals surface area contributed by atoms with E-state index in [1.165, 1.54) is 25.7 Å². The van der Waals surface area contributed by atoms with E-state index in [9.17, 15) is 0 Å². The lowest BCUT2D eigenvalue weighted by Crippen LogP contribution is -2.42. The monoisotopic (exact) mass is 243 g/mol. The summed E-state index contributed by atoms with van der Waals surface area (Å²) >= 11 is 0. The third-order valence-electron chi connectivity index (χ3n) is 3.09. The Morgan fingerprint density at radius 1 is 1.18 bits per heavy atom. The summed E-state index contributed by atoms with van der Waals surface area (Å²) in [6, 6.07) is 0.419. The molecule has 0 unspecified atom stereocenters. The van der Waals surface area contributed by atoms with Crippen LogP contribution in [0.2, 0.25) is 0 Å². The molecule has 0 aromatic carbocycles. The minimum Gasteiger partial charge on any atom is -0.383 e. The predicted octanol–water partition coefficient (Wildman–Crippen LogP) is 0.839. The number of nitrogens with two attached hydrogens (primary N) is 1. The number of nitrogens with zero attached hydrogens (tertiary/aromatic N) is 2. The Hall–Kier alpha value is -0.810. The Morgan fingerprint density at radius 2 is 1.71 bits per heavy atom. The Bertz CT molecular complexity index is 220. The van der Waals surface area contributed by atoms with Crippen LogP contribution >= 0.6 is 0 Å². The Balaban J connectivity index is 2.46. The summed E-state index contributed by atoms with van der Waals surface area (Å²) in [5.74, 6) is 0.631.